The van der Waals surface area contributed by atoms with E-state index < -0.39 is 10.8 Å². The van der Waals surface area contributed by atoms with Crippen molar-refractivity contribution >= 4 is 46.6 Å². The van der Waals surface area contributed by atoms with Crippen molar-refractivity contribution < 1.29 is 9.72 Å². The van der Waals surface area contributed by atoms with Gasteiger partial charge >= 0.3 is 0 Å². The maximum absolute atomic E-state index is 11.8. The highest BCUT2D eigenvalue weighted by molar-refractivity contribution is 6.35. The van der Waals surface area contributed by atoms with Crippen LogP contribution in [-0.2, 0) is 4.79 Å². The second-order valence-corrected chi connectivity index (χ2v) is 5.14. The Labute approximate surface area is 136 Å². The number of carbonyl (C=O) groups is 1. The summed E-state index contributed by atoms with van der Waals surface area (Å²) in [6.45, 7) is 0. The lowest BCUT2D eigenvalue weighted by Crippen LogP contribution is -2.08. The summed E-state index contributed by atoms with van der Waals surface area (Å²) in [5, 5.41) is 14.1. The highest BCUT2D eigenvalue weighted by Crippen LogP contribution is 2.25. The van der Waals surface area contributed by atoms with E-state index in [1.54, 1.807) is 24.3 Å². The van der Waals surface area contributed by atoms with Crippen LogP contribution in [0.5, 0.6) is 0 Å². The summed E-state index contributed by atoms with van der Waals surface area (Å²) < 4.78 is 0. The van der Waals surface area contributed by atoms with Gasteiger partial charge in [0, 0.05) is 23.2 Å². The van der Waals surface area contributed by atoms with Crippen LogP contribution in [0.25, 0.3) is 6.08 Å². The topological polar surface area (TPSA) is 72.2 Å². The number of nitrogens with one attached hydrogen (secondary N) is 1. The molecule has 0 spiro atoms. The first-order valence-corrected chi connectivity index (χ1v) is 6.90. The Balaban J connectivity index is 2.10. The maximum atomic E-state index is 11.8. The summed E-state index contributed by atoms with van der Waals surface area (Å²) in [5.41, 5.74) is 0.893. The van der Waals surface area contributed by atoms with Crippen molar-refractivity contribution in [3.63, 3.8) is 0 Å². The van der Waals surface area contributed by atoms with Gasteiger partial charge in [0.15, 0.2) is 0 Å². The number of benzene rings is 2. The number of amides is 1. The number of carbonyl (C=O) groups excluding carboxylic acids is 1. The van der Waals surface area contributed by atoms with Gasteiger partial charge in [0.05, 0.1) is 15.6 Å². The first kappa shape index (κ1) is 16.0. The highest BCUT2D eigenvalue weighted by atomic mass is 35.5. The lowest BCUT2D eigenvalue weighted by Gasteiger charge is -2.05. The second kappa shape index (κ2) is 7.06. The lowest BCUT2D eigenvalue weighted by molar-refractivity contribution is -0.384. The highest BCUT2D eigenvalue weighted by Gasteiger charge is 2.06. The number of halogens is 2. The molecule has 0 aliphatic heterocycles. The molecular weight excluding hydrogens is 327 g/mol. The minimum Gasteiger partial charge on any atom is -0.321 e. The monoisotopic (exact) mass is 336 g/mol. The molecule has 1 N–H and O–H groups in total. The lowest BCUT2D eigenvalue weighted by atomic mass is 10.2. The van der Waals surface area contributed by atoms with Gasteiger partial charge < -0.3 is 5.32 Å². The number of hydrogen-bond donors (Lipinski definition) is 1. The van der Waals surface area contributed by atoms with Crippen LogP contribution in [0.1, 0.15) is 5.56 Å². The molecule has 0 aliphatic rings. The molecule has 0 fully saturated rings. The van der Waals surface area contributed by atoms with E-state index in [-0.39, 0.29) is 5.69 Å². The fourth-order valence-corrected chi connectivity index (χ4v) is 2.02. The van der Waals surface area contributed by atoms with Gasteiger partial charge in [-0.05, 0) is 29.8 Å². The van der Waals surface area contributed by atoms with Gasteiger partial charge in [-0.2, -0.15) is 0 Å². The van der Waals surface area contributed by atoms with Crippen molar-refractivity contribution in [2.75, 3.05) is 5.32 Å². The molecule has 2 aromatic rings. The van der Waals surface area contributed by atoms with Crippen LogP contribution in [0, 0.1) is 10.1 Å². The molecule has 0 bridgehead atoms. The van der Waals surface area contributed by atoms with Crippen LogP contribution in [0.15, 0.2) is 48.5 Å². The zero-order valence-corrected chi connectivity index (χ0v) is 12.6. The summed E-state index contributed by atoms with van der Waals surface area (Å²) in [5.74, 6) is -0.421. The summed E-state index contributed by atoms with van der Waals surface area (Å²) in [6.07, 6.45) is 2.73. The van der Waals surface area contributed by atoms with Gasteiger partial charge in [-0.25, -0.2) is 0 Å². The van der Waals surface area contributed by atoms with Crippen LogP contribution in [-0.4, -0.2) is 10.8 Å². The Hall–Kier alpha value is -2.37. The Morgan fingerprint density at radius 1 is 1.18 bits per heavy atom. The molecule has 0 aromatic heterocycles. The smallest absolute Gasteiger partial charge is 0.270 e. The fourth-order valence-electron chi connectivity index (χ4n) is 1.68. The second-order valence-electron chi connectivity index (χ2n) is 4.30. The van der Waals surface area contributed by atoms with E-state index >= 15 is 0 Å². The van der Waals surface area contributed by atoms with Crippen LogP contribution in [0.4, 0.5) is 11.4 Å². The number of non-ortho nitro benzene ring substituents is 1. The first-order chi connectivity index (χ1) is 10.5. The molecule has 0 atom stereocenters. The van der Waals surface area contributed by atoms with Crippen LogP contribution < -0.4 is 5.32 Å². The predicted molar refractivity (Wildman–Crippen MR) is 87.2 cm³/mol. The summed E-state index contributed by atoms with van der Waals surface area (Å²) in [7, 11) is 0. The zero-order valence-electron chi connectivity index (χ0n) is 11.1. The van der Waals surface area contributed by atoms with Gasteiger partial charge in [-0.15, -0.1) is 0 Å². The Morgan fingerprint density at radius 3 is 2.68 bits per heavy atom. The normalized spacial score (nSPS) is 10.6. The van der Waals surface area contributed by atoms with Crippen LogP contribution >= 0.6 is 23.2 Å². The van der Waals surface area contributed by atoms with Gasteiger partial charge in [0.25, 0.3) is 5.69 Å². The van der Waals surface area contributed by atoms with E-state index in [0.29, 0.717) is 21.3 Å². The number of rotatable bonds is 4. The van der Waals surface area contributed by atoms with E-state index in [9.17, 15) is 14.9 Å². The molecule has 0 radical (unpaired) electrons. The van der Waals surface area contributed by atoms with E-state index in [2.05, 4.69) is 5.32 Å². The molecule has 0 heterocycles. The fraction of sp³-hybridized carbons (Fsp3) is 0. The molecule has 112 valence electrons. The number of nitrogens with zero attached hydrogens (tertiary/aromatic N) is 1. The third kappa shape index (κ3) is 4.31. The van der Waals surface area contributed by atoms with Crippen molar-refractivity contribution in [3.05, 3.63) is 74.3 Å². The standard InChI is InChI=1S/C15H10Cl2N2O3/c16-11-5-6-13(17)14(9-11)18-15(20)7-4-10-2-1-3-12(8-10)19(21)22/h1-9H,(H,18,20)/b7-4-. The maximum Gasteiger partial charge on any atom is 0.270 e. The quantitative estimate of drug-likeness (QED) is 0.505. The predicted octanol–water partition coefficient (Wildman–Crippen LogP) is 4.55. The molecule has 5 nitrogen and oxygen atoms in total. The number of hydrogen-bond acceptors (Lipinski definition) is 3. The SMILES string of the molecule is O=C(/C=C\c1cccc([N+](=O)[O-])c1)Nc1cc(Cl)ccc1Cl. The van der Waals surface area contributed by atoms with Crippen molar-refractivity contribution in [3.8, 4) is 0 Å². The van der Waals surface area contributed by atoms with Crippen molar-refractivity contribution in [2.24, 2.45) is 0 Å². The van der Waals surface area contributed by atoms with Gasteiger partial charge in [0.1, 0.15) is 0 Å². The zero-order chi connectivity index (χ0) is 16.1. The van der Waals surface area contributed by atoms with E-state index in [0.717, 1.165) is 0 Å². The molecule has 0 aliphatic carbocycles. The van der Waals surface area contributed by atoms with E-state index in [1.165, 1.54) is 30.4 Å². The third-order valence-electron chi connectivity index (χ3n) is 2.69. The largest absolute Gasteiger partial charge is 0.321 e. The van der Waals surface area contributed by atoms with Crippen molar-refractivity contribution in [2.45, 2.75) is 0 Å². The number of anilines is 1. The minimum atomic E-state index is -0.497. The molecule has 0 saturated carbocycles. The molecule has 22 heavy (non-hydrogen) atoms. The Morgan fingerprint density at radius 2 is 1.95 bits per heavy atom. The molecule has 0 saturated heterocycles. The summed E-state index contributed by atoms with van der Waals surface area (Å²) >= 11 is 11.8. The van der Waals surface area contributed by atoms with Crippen molar-refractivity contribution in [1.82, 2.24) is 0 Å². The summed E-state index contributed by atoms with van der Waals surface area (Å²) in [6, 6.07) is 10.7. The Kier molecular flexibility index (Phi) is 5.14. The summed E-state index contributed by atoms with van der Waals surface area (Å²) in [4.78, 5) is 22.0. The third-order valence-corrected chi connectivity index (χ3v) is 3.26. The first-order valence-electron chi connectivity index (χ1n) is 6.14. The molecule has 7 heteroatoms. The molecule has 2 aromatic carbocycles. The average molecular weight is 337 g/mol. The van der Waals surface area contributed by atoms with E-state index in [1.807, 2.05) is 0 Å². The van der Waals surface area contributed by atoms with Crippen molar-refractivity contribution in [1.29, 1.82) is 0 Å². The minimum absolute atomic E-state index is 0.0413. The van der Waals surface area contributed by atoms with Crippen LogP contribution in [0.3, 0.4) is 0 Å². The average Bonchev–Trinajstić information content (AvgIpc) is 2.49. The molecular formula is C15H10Cl2N2O3. The number of nitro benzene ring substituents is 1. The van der Waals surface area contributed by atoms with Gasteiger partial charge in [-0.1, -0.05) is 35.3 Å². The Bertz CT molecular complexity index is 760. The molecule has 1 amide bonds. The van der Waals surface area contributed by atoms with E-state index in [4.69, 9.17) is 23.2 Å². The number of nitro groups is 1. The van der Waals surface area contributed by atoms with Crippen LogP contribution in [0.2, 0.25) is 10.0 Å². The molecule has 2 rings (SSSR count). The molecule has 0 unspecified atom stereocenters. The van der Waals surface area contributed by atoms with Gasteiger partial charge in [-0.3, -0.25) is 14.9 Å². The van der Waals surface area contributed by atoms with Gasteiger partial charge in [0.2, 0.25) is 5.91 Å².